The topological polar surface area (TPSA) is 41.1 Å². The van der Waals surface area contributed by atoms with Crippen molar-refractivity contribution in [1.29, 1.82) is 0 Å². The zero-order valence-corrected chi connectivity index (χ0v) is 12.2. The summed E-state index contributed by atoms with van der Waals surface area (Å²) in [5.41, 5.74) is 1.83. The first kappa shape index (κ1) is 15.2. The summed E-state index contributed by atoms with van der Waals surface area (Å²) in [6, 6.07) is 13.7. The Labute approximate surface area is 124 Å². The van der Waals surface area contributed by atoms with Crippen molar-refractivity contribution in [2.24, 2.45) is 0 Å². The molecule has 21 heavy (non-hydrogen) atoms. The average Bonchev–Trinajstić information content (AvgIpc) is 2.48. The van der Waals surface area contributed by atoms with Crippen LogP contribution in [0, 0.1) is 5.82 Å². The fourth-order valence-electron chi connectivity index (χ4n) is 2.12. The molecule has 0 radical (unpaired) electrons. The van der Waals surface area contributed by atoms with Crippen LogP contribution in [0.25, 0.3) is 0 Å². The summed E-state index contributed by atoms with van der Waals surface area (Å²) in [6.07, 6.45) is 0. The predicted octanol–water partition coefficient (Wildman–Crippen LogP) is 3.75. The van der Waals surface area contributed by atoms with E-state index in [4.69, 9.17) is 0 Å². The summed E-state index contributed by atoms with van der Waals surface area (Å²) >= 11 is 0. The quantitative estimate of drug-likeness (QED) is 0.879. The van der Waals surface area contributed by atoms with Crippen molar-refractivity contribution < 1.29 is 9.18 Å². The lowest BCUT2D eigenvalue weighted by Gasteiger charge is -2.13. The van der Waals surface area contributed by atoms with Gasteiger partial charge in [-0.05, 0) is 43.3 Å². The van der Waals surface area contributed by atoms with Gasteiger partial charge in [0, 0.05) is 11.7 Å². The van der Waals surface area contributed by atoms with E-state index >= 15 is 0 Å². The molecule has 0 aliphatic heterocycles. The van der Waals surface area contributed by atoms with E-state index in [0.29, 0.717) is 5.69 Å². The van der Waals surface area contributed by atoms with Crippen molar-refractivity contribution in [3.05, 3.63) is 65.5 Å². The van der Waals surface area contributed by atoms with Crippen LogP contribution in [-0.2, 0) is 0 Å². The molecule has 4 heteroatoms. The molecule has 1 amide bonds. The predicted molar refractivity (Wildman–Crippen MR) is 82.9 cm³/mol. The molecule has 0 saturated carbocycles. The zero-order chi connectivity index (χ0) is 15.2. The molecule has 1 atom stereocenters. The van der Waals surface area contributed by atoms with Gasteiger partial charge in [0.25, 0.3) is 5.91 Å². The van der Waals surface area contributed by atoms with E-state index in [-0.39, 0.29) is 11.6 Å². The Morgan fingerprint density at radius 3 is 2.43 bits per heavy atom. The molecule has 2 N–H and O–H groups in total. The van der Waals surface area contributed by atoms with E-state index in [9.17, 15) is 9.18 Å². The van der Waals surface area contributed by atoms with Gasteiger partial charge < -0.3 is 10.6 Å². The van der Waals surface area contributed by atoms with Crippen LogP contribution in [0.3, 0.4) is 0 Å². The van der Waals surface area contributed by atoms with Crippen LogP contribution in [0.2, 0.25) is 0 Å². The minimum absolute atomic E-state index is 0.0441. The van der Waals surface area contributed by atoms with E-state index in [1.165, 1.54) is 12.1 Å². The smallest absolute Gasteiger partial charge is 0.258 e. The molecule has 0 aliphatic carbocycles. The van der Waals surface area contributed by atoms with E-state index in [0.717, 1.165) is 12.1 Å². The highest BCUT2D eigenvalue weighted by Gasteiger charge is 2.11. The molecule has 0 saturated heterocycles. The van der Waals surface area contributed by atoms with Crippen LogP contribution in [0.5, 0.6) is 0 Å². The summed E-state index contributed by atoms with van der Waals surface area (Å²) in [4.78, 5) is 12.0. The number of benzene rings is 2. The highest BCUT2D eigenvalue weighted by atomic mass is 19.1. The molecule has 0 aromatic heterocycles. The van der Waals surface area contributed by atoms with Gasteiger partial charge in [0.15, 0.2) is 0 Å². The standard InChI is InChI=1S/C17H19FN2O/c1-3-19-12(2)13-8-10-14(11-9-13)20-17(21)15-6-4-5-7-16(15)18/h4-12,19H,3H2,1-2H3,(H,20,21). The van der Waals surface area contributed by atoms with Crippen molar-refractivity contribution in [1.82, 2.24) is 5.32 Å². The number of rotatable bonds is 5. The Bertz CT molecular complexity index is 610. The van der Waals surface area contributed by atoms with Gasteiger partial charge in [-0.3, -0.25) is 4.79 Å². The number of nitrogens with one attached hydrogen (secondary N) is 2. The van der Waals surface area contributed by atoms with Gasteiger partial charge in [0.05, 0.1) is 5.56 Å². The summed E-state index contributed by atoms with van der Waals surface area (Å²) in [6.45, 7) is 5.03. The lowest BCUT2D eigenvalue weighted by Crippen LogP contribution is -2.18. The van der Waals surface area contributed by atoms with Gasteiger partial charge in [-0.25, -0.2) is 4.39 Å². The van der Waals surface area contributed by atoms with Crippen LogP contribution >= 0.6 is 0 Å². The van der Waals surface area contributed by atoms with Gasteiger partial charge in [-0.2, -0.15) is 0 Å². The second kappa shape index (κ2) is 6.99. The van der Waals surface area contributed by atoms with Crippen LogP contribution < -0.4 is 10.6 Å². The van der Waals surface area contributed by atoms with E-state index in [1.807, 2.05) is 24.3 Å². The molecular weight excluding hydrogens is 267 g/mol. The first-order valence-electron chi connectivity index (χ1n) is 7.01. The fourth-order valence-corrected chi connectivity index (χ4v) is 2.12. The number of hydrogen-bond donors (Lipinski definition) is 2. The number of amides is 1. The number of hydrogen-bond acceptors (Lipinski definition) is 2. The molecule has 1 unspecified atom stereocenters. The van der Waals surface area contributed by atoms with Crippen molar-refractivity contribution in [3.63, 3.8) is 0 Å². The van der Waals surface area contributed by atoms with E-state index in [1.54, 1.807) is 12.1 Å². The first-order chi connectivity index (χ1) is 10.1. The maximum atomic E-state index is 13.5. The third kappa shape index (κ3) is 3.89. The van der Waals surface area contributed by atoms with Crippen LogP contribution in [-0.4, -0.2) is 12.5 Å². The van der Waals surface area contributed by atoms with Crippen LogP contribution in [0.15, 0.2) is 48.5 Å². The van der Waals surface area contributed by atoms with Gasteiger partial charge in [0.2, 0.25) is 0 Å². The van der Waals surface area contributed by atoms with Gasteiger partial charge in [-0.15, -0.1) is 0 Å². The van der Waals surface area contributed by atoms with Gasteiger partial charge in [0.1, 0.15) is 5.82 Å². The Morgan fingerprint density at radius 1 is 1.14 bits per heavy atom. The van der Waals surface area contributed by atoms with E-state index < -0.39 is 11.7 Å². The minimum atomic E-state index is -0.521. The SMILES string of the molecule is CCNC(C)c1ccc(NC(=O)c2ccccc2F)cc1. The Kier molecular flexibility index (Phi) is 5.06. The molecule has 2 aromatic rings. The minimum Gasteiger partial charge on any atom is -0.322 e. The van der Waals surface area contributed by atoms with Crippen molar-refractivity contribution in [2.45, 2.75) is 19.9 Å². The maximum absolute atomic E-state index is 13.5. The zero-order valence-electron chi connectivity index (χ0n) is 12.2. The van der Waals surface area contributed by atoms with Crippen molar-refractivity contribution >= 4 is 11.6 Å². The molecular formula is C17H19FN2O. The second-order valence-corrected chi connectivity index (χ2v) is 4.84. The molecule has 0 fully saturated rings. The monoisotopic (exact) mass is 286 g/mol. The first-order valence-corrected chi connectivity index (χ1v) is 7.01. The molecule has 0 spiro atoms. The second-order valence-electron chi connectivity index (χ2n) is 4.84. The highest BCUT2D eigenvalue weighted by molar-refractivity contribution is 6.04. The third-order valence-electron chi connectivity index (χ3n) is 3.30. The van der Waals surface area contributed by atoms with Crippen LogP contribution in [0.4, 0.5) is 10.1 Å². The summed E-state index contributed by atoms with van der Waals surface area (Å²) < 4.78 is 13.5. The molecule has 0 bridgehead atoms. The molecule has 3 nitrogen and oxygen atoms in total. The fraction of sp³-hybridized carbons (Fsp3) is 0.235. The number of halogens is 1. The largest absolute Gasteiger partial charge is 0.322 e. The average molecular weight is 286 g/mol. The lowest BCUT2D eigenvalue weighted by atomic mass is 10.1. The molecule has 110 valence electrons. The Hall–Kier alpha value is -2.20. The number of carbonyl (C=O) groups is 1. The highest BCUT2D eigenvalue weighted by Crippen LogP contribution is 2.17. The Morgan fingerprint density at radius 2 is 1.81 bits per heavy atom. The van der Waals surface area contributed by atoms with Crippen molar-refractivity contribution in [2.75, 3.05) is 11.9 Å². The molecule has 2 rings (SSSR count). The molecule has 2 aromatic carbocycles. The normalized spacial score (nSPS) is 12.0. The maximum Gasteiger partial charge on any atom is 0.258 e. The lowest BCUT2D eigenvalue weighted by molar-refractivity contribution is 0.102. The molecule has 0 heterocycles. The Balaban J connectivity index is 2.07. The van der Waals surface area contributed by atoms with E-state index in [2.05, 4.69) is 24.5 Å². The summed E-state index contributed by atoms with van der Waals surface area (Å²) in [7, 11) is 0. The summed E-state index contributed by atoms with van der Waals surface area (Å²) in [5.74, 6) is -0.965. The van der Waals surface area contributed by atoms with Crippen molar-refractivity contribution in [3.8, 4) is 0 Å². The van der Waals surface area contributed by atoms with Gasteiger partial charge >= 0.3 is 0 Å². The summed E-state index contributed by atoms with van der Waals surface area (Å²) in [5, 5.41) is 6.02. The third-order valence-corrected chi connectivity index (χ3v) is 3.30. The van der Waals surface area contributed by atoms with Gasteiger partial charge in [-0.1, -0.05) is 31.2 Å². The number of anilines is 1. The van der Waals surface area contributed by atoms with Crippen LogP contribution in [0.1, 0.15) is 35.8 Å². The molecule has 0 aliphatic rings. The number of carbonyl (C=O) groups excluding carboxylic acids is 1.